The summed E-state index contributed by atoms with van der Waals surface area (Å²) in [6.45, 7) is 1.50. The highest BCUT2D eigenvalue weighted by atomic mass is 16.3. The molecule has 96 valence electrons. The van der Waals surface area contributed by atoms with Crippen molar-refractivity contribution in [3.8, 4) is 0 Å². The Morgan fingerprint density at radius 1 is 1.39 bits per heavy atom. The lowest BCUT2D eigenvalue weighted by Crippen LogP contribution is -2.32. The number of nitrogens with two attached hydrogens (primary N) is 1. The fraction of sp³-hybridized carbons (Fsp3) is 0.357. The molecule has 1 atom stereocenters. The number of hydrogen-bond acceptors (Lipinski definition) is 4. The lowest BCUT2D eigenvalue weighted by Gasteiger charge is -2.25. The van der Waals surface area contributed by atoms with E-state index in [1.807, 2.05) is 30.5 Å². The van der Waals surface area contributed by atoms with Gasteiger partial charge in [0.25, 0.3) is 0 Å². The van der Waals surface area contributed by atoms with Crippen molar-refractivity contribution in [3.63, 3.8) is 0 Å². The Hall–Kier alpha value is -1.65. The largest absolute Gasteiger partial charge is 0.472 e. The van der Waals surface area contributed by atoms with E-state index in [-0.39, 0.29) is 6.04 Å². The van der Waals surface area contributed by atoms with Gasteiger partial charge in [-0.2, -0.15) is 0 Å². The third-order valence-electron chi connectivity index (χ3n) is 3.13. The molecule has 0 bridgehead atoms. The molecule has 0 aliphatic carbocycles. The lowest BCUT2D eigenvalue weighted by atomic mass is 10.1. The smallest absolute Gasteiger partial charge is 0.0950 e. The summed E-state index contributed by atoms with van der Waals surface area (Å²) < 4.78 is 5.12. The molecule has 0 fully saturated rings. The molecule has 2 aromatic heterocycles. The van der Waals surface area contributed by atoms with E-state index in [0.29, 0.717) is 6.54 Å². The van der Waals surface area contributed by atoms with Crippen molar-refractivity contribution in [3.05, 3.63) is 54.2 Å². The van der Waals surface area contributed by atoms with Crippen molar-refractivity contribution in [1.29, 1.82) is 0 Å². The van der Waals surface area contributed by atoms with Crippen LogP contribution >= 0.6 is 0 Å². The van der Waals surface area contributed by atoms with Gasteiger partial charge in [0.1, 0.15) is 0 Å². The highest BCUT2D eigenvalue weighted by Crippen LogP contribution is 2.18. The van der Waals surface area contributed by atoms with Gasteiger partial charge in [-0.15, -0.1) is 0 Å². The minimum Gasteiger partial charge on any atom is -0.472 e. The second-order valence-electron chi connectivity index (χ2n) is 4.36. The first-order chi connectivity index (χ1) is 8.81. The van der Waals surface area contributed by atoms with Crippen molar-refractivity contribution in [2.45, 2.75) is 12.5 Å². The first-order valence-electron chi connectivity index (χ1n) is 6.13. The van der Waals surface area contributed by atoms with Crippen molar-refractivity contribution >= 4 is 0 Å². The fourth-order valence-electron chi connectivity index (χ4n) is 2.03. The second-order valence-corrected chi connectivity index (χ2v) is 4.36. The maximum absolute atomic E-state index is 5.83. The Morgan fingerprint density at radius 3 is 2.89 bits per heavy atom. The summed E-state index contributed by atoms with van der Waals surface area (Å²) in [7, 11) is 2.08. The predicted molar refractivity (Wildman–Crippen MR) is 71.1 cm³/mol. The first-order valence-corrected chi connectivity index (χ1v) is 6.13. The second kappa shape index (κ2) is 6.33. The van der Waals surface area contributed by atoms with Crippen LogP contribution in [-0.4, -0.2) is 30.0 Å². The van der Waals surface area contributed by atoms with Crippen LogP contribution in [0, 0.1) is 0 Å². The molecule has 2 rings (SSSR count). The van der Waals surface area contributed by atoms with Crippen LogP contribution in [0.5, 0.6) is 0 Å². The van der Waals surface area contributed by atoms with E-state index in [1.165, 1.54) is 0 Å². The van der Waals surface area contributed by atoms with Gasteiger partial charge in [0.05, 0.1) is 12.5 Å². The van der Waals surface area contributed by atoms with Gasteiger partial charge in [0.15, 0.2) is 0 Å². The standard InChI is InChI=1S/C14H19N3O/c1-17(8-5-13-4-2-3-7-16-13)14(10-15)12-6-9-18-11-12/h2-4,6-7,9,11,14H,5,8,10,15H2,1H3. The molecule has 2 aromatic rings. The van der Waals surface area contributed by atoms with E-state index < -0.39 is 0 Å². The van der Waals surface area contributed by atoms with E-state index in [9.17, 15) is 0 Å². The molecular formula is C14H19N3O. The Morgan fingerprint density at radius 2 is 2.28 bits per heavy atom. The average molecular weight is 245 g/mol. The number of aromatic nitrogens is 1. The van der Waals surface area contributed by atoms with E-state index >= 15 is 0 Å². The van der Waals surface area contributed by atoms with E-state index in [1.54, 1.807) is 12.5 Å². The Bertz CT molecular complexity index is 441. The van der Waals surface area contributed by atoms with Crippen LogP contribution in [0.4, 0.5) is 0 Å². The number of rotatable bonds is 6. The number of furan rings is 1. The van der Waals surface area contributed by atoms with Gasteiger partial charge < -0.3 is 10.2 Å². The Balaban J connectivity index is 1.92. The molecule has 2 N–H and O–H groups in total. The quantitative estimate of drug-likeness (QED) is 0.844. The molecule has 0 saturated carbocycles. The molecule has 4 heteroatoms. The SMILES string of the molecule is CN(CCc1ccccn1)C(CN)c1ccoc1. The van der Waals surface area contributed by atoms with Crippen molar-refractivity contribution in [2.24, 2.45) is 5.73 Å². The first kappa shape index (κ1) is 12.8. The van der Waals surface area contributed by atoms with Gasteiger partial charge in [-0.1, -0.05) is 6.07 Å². The van der Waals surface area contributed by atoms with E-state index in [0.717, 1.165) is 24.2 Å². The summed E-state index contributed by atoms with van der Waals surface area (Å²) in [6, 6.07) is 8.16. The van der Waals surface area contributed by atoms with Gasteiger partial charge >= 0.3 is 0 Å². The molecule has 0 aromatic carbocycles. The molecule has 18 heavy (non-hydrogen) atoms. The molecule has 0 aliphatic rings. The van der Waals surface area contributed by atoms with Gasteiger partial charge in [-0.05, 0) is 25.2 Å². The minimum absolute atomic E-state index is 0.201. The van der Waals surface area contributed by atoms with Crippen molar-refractivity contribution < 1.29 is 4.42 Å². The van der Waals surface area contributed by atoms with Gasteiger partial charge in [0, 0.05) is 43.0 Å². The summed E-state index contributed by atoms with van der Waals surface area (Å²) in [5.74, 6) is 0. The zero-order valence-corrected chi connectivity index (χ0v) is 10.6. The third kappa shape index (κ3) is 3.18. The molecule has 4 nitrogen and oxygen atoms in total. The zero-order valence-electron chi connectivity index (χ0n) is 10.6. The number of nitrogens with zero attached hydrogens (tertiary/aromatic N) is 2. The molecule has 0 amide bonds. The number of hydrogen-bond donors (Lipinski definition) is 1. The average Bonchev–Trinajstić information content (AvgIpc) is 2.92. The molecule has 2 heterocycles. The summed E-state index contributed by atoms with van der Waals surface area (Å²) in [5.41, 5.74) is 8.06. The fourth-order valence-corrected chi connectivity index (χ4v) is 2.03. The van der Waals surface area contributed by atoms with Crippen molar-refractivity contribution in [1.82, 2.24) is 9.88 Å². The Labute approximate surface area is 107 Å². The number of likely N-dealkylation sites (N-methyl/N-ethyl adjacent to an activating group) is 1. The summed E-state index contributed by atoms with van der Waals surface area (Å²) in [6.07, 6.45) is 6.19. The van der Waals surface area contributed by atoms with Crippen LogP contribution in [0.3, 0.4) is 0 Å². The topological polar surface area (TPSA) is 55.3 Å². The van der Waals surface area contributed by atoms with E-state index in [4.69, 9.17) is 10.2 Å². The van der Waals surface area contributed by atoms with Crippen LogP contribution in [-0.2, 0) is 6.42 Å². The molecule has 0 radical (unpaired) electrons. The minimum atomic E-state index is 0.201. The van der Waals surface area contributed by atoms with Crippen molar-refractivity contribution in [2.75, 3.05) is 20.1 Å². The molecular weight excluding hydrogens is 226 g/mol. The predicted octanol–water partition coefficient (Wildman–Crippen LogP) is 1.85. The summed E-state index contributed by atoms with van der Waals surface area (Å²) in [5, 5.41) is 0. The Kier molecular flexibility index (Phi) is 4.50. The molecule has 0 saturated heterocycles. The maximum Gasteiger partial charge on any atom is 0.0950 e. The van der Waals surface area contributed by atoms with Crippen LogP contribution in [0.2, 0.25) is 0 Å². The van der Waals surface area contributed by atoms with E-state index in [2.05, 4.69) is 16.9 Å². The van der Waals surface area contributed by atoms with Gasteiger partial charge in [0.2, 0.25) is 0 Å². The summed E-state index contributed by atoms with van der Waals surface area (Å²) in [4.78, 5) is 6.56. The normalized spacial score (nSPS) is 12.8. The van der Waals surface area contributed by atoms with Crippen LogP contribution in [0.1, 0.15) is 17.3 Å². The highest BCUT2D eigenvalue weighted by Gasteiger charge is 2.16. The van der Waals surface area contributed by atoms with Crippen LogP contribution < -0.4 is 5.73 Å². The van der Waals surface area contributed by atoms with Crippen LogP contribution in [0.25, 0.3) is 0 Å². The molecule has 1 unspecified atom stereocenters. The number of pyridine rings is 1. The maximum atomic E-state index is 5.83. The van der Waals surface area contributed by atoms with Gasteiger partial charge in [-0.3, -0.25) is 9.88 Å². The van der Waals surface area contributed by atoms with Gasteiger partial charge in [-0.25, -0.2) is 0 Å². The lowest BCUT2D eigenvalue weighted by molar-refractivity contribution is 0.251. The zero-order chi connectivity index (χ0) is 12.8. The molecule has 0 spiro atoms. The highest BCUT2D eigenvalue weighted by molar-refractivity contribution is 5.12. The molecule has 0 aliphatic heterocycles. The van der Waals surface area contributed by atoms with Crippen LogP contribution in [0.15, 0.2) is 47.4 Å². The summed E-state index contributed by atoms with van der Waals surface area (Å²) >= 11 is 0. The third-order valence-corrected chi connectivity index (χ3v) is 3.13. The monoisotopic (exact) mass is 245 g/mol.